The van der Waals surface area contributed by atoms with Gasteiger partial charge in [-0.15, -0.1) is 22.8 Å². The Morgan fingerprint density at radius 1 is 0.487 bits per heavy atom. The summed E-state index contributed by atoms with van der Waals surface area (Å²) in [5.41, 5.74) is -6.41. The standard InChI is InChI=1S/2C14H27O2PS2.Ni/c2*1-13(9-5-3-6-10-13)16-17(15,18)19-14(2)11-7-4-8-12-14;/h2*3-12H2,1-2H3,(H,15,18);/q;;+2/p-2. The van der Waals surface area contributed by atoms with Crippen molar-refractivity contribution in [2.24, 2.45) is 0 Å². The average Bonchev–Trinajstić information content (AvgIpc) is 2.78. The van der Waals surface area contributed by atoms with Gasteiger partial charge >= 0.3 is 16.5 Å². The van der Waals surface area contributed by atoms with Crippen LogP contribution in [0.3, 0.4) is 0 Å². The number of hydrogen-bond donors (Lipinski definition) is 0. The molecule has 0 aromatic rings. The molecule has 0 aromatic carbocycles. The largest absolute Gasteiger partial charge is 2.00 e. The Labute approximate surface area is 268 Å². The zero-order chi connectivity index (χ0) is 28.0. The monoisotopic (exact) mass is 700 g/mol. The maximum atomic E-state index is 12.7. The molecule has 0 bridgehead atoms. The van der Waals surface area contributed by atoms with E-state index >= 15 is 0 Å². The second-order valence-electron chi connectivity index (χ2n) is 13.3. The van der Waals surface area contributed by atoms with Crippen LogP contribution in [-0.4, -0.2) is 20.7 Å². The van der Waals surface area contributed by atoms with Crippen LogP contribution < -0.4 is 9.79 Å². The number of rotatable bonds is 8. The van der Waals surface area contributed by atoms with E-state index in [1.165, 1.54) is 99.8 Å². The molecule has 0 radical (unpaired) electrons. The molecule has 232 valence electrons. The Kier molecular flexibility index (Phi) is 15.5. The first-order chi connectivity index (χ1) is 17.7. The zero-order valence-corrected chi connectivity index (χ0v) is 30.7. The molecule has 0 amide bonds. The maximum Gasteiger partial charge on any atom is 2.00 e. The van der Waals surface area contributed by atoms with E-state index in [9.17, 15) is 9.79 Å². The molecule has 11 heteroatoms. The SMILES string of the molecule is CC1(OP([O-])(=S)SC2(C)CCCCC2)CCCCC1.CC1(OP([O-])(=S)SC2(C)CCCCC2)CCCCC1.[Ni+2]. The summed E-state index contributed by atoms with van der Waals surface area (Å²) >= 11 is 13.6. The fourth-order valence-corrected chi connectivity index (χ4v) is 20.2. The third-order valence-corrected chi connectivity index (χ3v) is 18.7. The summed E-state index contributed by atoms with van der Waals surface area (Å²) in [4.78, 5) is 25.4. The minimum Gasteiger partial charge on any atom is -0.793 e. The fourth-order valence-electron chi connectivity index (χ4n) is 6.68. The molecule has 0 spiro atoms. The number of hydrogen-bond acceptors (Lipinski definition) is 8. The molecule has 0 aromatic heterocycles. The van der Waals surface area contributed by atoms with Crippen LogP contribution in [0.15, 0.2) is 0 Å². The van der Waals surface area contributed by atoms with E-state index in [1.54, 1.807) is 0 Å². The van der Waals surface area contributed by atoms with Crippen molar-refractivity contribution in [2.45, 2.75) is 177 Å². The Bertz CT molecular complexity index is 709. The van der Waals surface area contributed by atoms with Gasteiger partial charge in [0.15, 0.2) is 0 Å². The van der Waals surface area contributed by atoms with Crippen LogP contribution in [0.2, 0.25) is 0 Å². The molecule has 4 aliphatic rings. The first kappa shape index (κ1) is 37.5. The van der Waals surface area contributed by atoms with Gasteiger partial charge in [0, 0.05) is 20.9 Å². The molecule has 4 nitrogen and oxygen atoms in total. The van der Waals surface area contributed by atoms with Crippen LogP contribution in [0.4, 0.5) is 0 Å². The van der Waals surface area contributed by atoms with Crippen molar-refractivity contribution in [3.05, 3.63) is 0 Å². The minimum absolute atomic E-state index is 0. The van der Waals surface area contributed by atoms with Crippen molar-refractivity contribution >= 4 is 57.8 Å². The Hall–Kier alpha value is 2.33. The minimum atomic E-state index is -2.96. The van der Waals surface area contributed by atoms with Crippen molar-refractivity contribution < 1.29 is 35.3 Å². The molecule has 39 heavy (non-hydrogen) atoms. The summed E-state index contributed by atoms with van der Waals surface area (Å²) in [5, 5.41) is 0. The summed E-state index contributed by atoms with van der Waals surface area (Å²) in [7, 11) is 0. The molecule has 0 N–H and O–H groups in total. The topological polar surface area (TPSA) is 64.6 Å². The second-order valence-corrected chi connectivity index (χ2v) is 26.0. The van der Waals surface area contributed by atoms with Gasteiger partial charge in [-0.25, -0.2) is 0 Å². The van der Waals surface area contributed by atoms with E-state index in [1.807, 2.05) is 0 Å². The van der Waals surface area contributed by atoms with Gasteiger partial charge in [0.2, 0.25) is 0 Å². The second kappa shape index (κ2) is 16.1. The van der Waals surface area contributed by atoms with E-state index in [-0.39, 0.29) is 37.2 Å². The predicted molar refractivity (Wildman–Crippen MR) is 172 cm³/mol. The van der Waals surface area contributed by atoms with E-state index in [4.69, 9.17) is 32.7 Å². The first-order valence-corrected chi connectivity index (χ1v) is 23.2. The van der Waals surface area contributed by atoms with Gasteiger partial charge in [-0.05, 0) is 65.2 Å². The summed E-state index contributed by atoms with van der Waals surface area (Å²) in [5.74, 6) is 0. The van der Waals surface area contributed by atoms with Gasteiger partial charge in [0.1, 0.15) is 0 Å². The zero-order valence-electron chi connectivity index (χ0n) is 24.6. The normalized spacial score (nSPS) is 28.9. The van der Waals surface area contributed by atoms with Gasteiger partial charge in [-0.2, -0.15) is 0 Å². The first-order valence-electron chi connectivity index (χ1n) is 15.1. The molecule has 4 rings (SSSR count). The summed E-state index contributed by atoms with van der Waals surface area (Å²) in [6.07, 6.45) is 23.3. The molecule has 4 aliphatic carbocycles. The van der Waals surface area contributed by atoms with Crippen molar-refractivity contribution in [1.29, 1.82) is 0 Å². The van der Waals surface area contributed by atoms with Crippen molar-refractivity contribution in [1.82, 2.24) is 0 Å². The van der Waals surface area contributed by atoms with Crippen LogP contribution in [0, 0.1) is 0 Å². The molecular weight excluding hydrogens is 649 g/mol. The summed E-state index contributed by atoms with van der Waals surface area (Å²) < 4.78 is 12.1. The van der Waals surface area contributed by atoms with E-state index in [0.29, 0.717) is 0 Å². The summed E-state index contributed by atoms with van der Waals surface area (Å²) in [6.45, 7) is 8.61. The third-order valence-electron chi connectivity index (χ3n) is 8.97. The van der Waals surface area contributed by atoms with Crippen molar-refractivity contribution in [2.75, 3.05) is 0 Å². The van der Waals surface area contributed by atoms with Crippen LogP contribution in [0.5, 0.6) is 0 Å². The fraction of sp³-hybridized carbons (Fsp3) is 1.00. The van der Waals surface area contributed by atoms with Crippen LogP contribution in [0.25, 0.3) is 0 Å². The Morgan fingerprint density at radius 3 is 0.974 bits per heavy atom. The molecule has 0 aliphatic heterocycles. The van der Waals surface area contributed by atoms with Gasteiger partial charge in [-0.1, -0.05) is 115 Å². The van der Waals surface area contributed by atoms with Gasteiger partial charge in [0.25, 0.3) is 0 Å². The van der Waals surface area contributed by atoms with Gasteiger partial charge in [-0.3, -0.25) is 0 Å². The Morgan fingerprint density at radius 2 is 0.718 bits per heavy atom. The Balaban J connectivity index is 0.000000267. The van der Waals surface area contributed by atoms with Crippen molar-refractivity contribution in [3.8, 4) is 0 Å². The van der Waals surface area contributed by atoms with Gasteiger partial charge < -0.3 is 18.8 Å². The maximum absolute atomic E-state index is 12.7. The molecule has 2 unspecified atom stereocenters. The third kappa shape index (κ3) is 13.5. The molecule has 0 heterocycles. The van der Waals surface area contributed by atoms with E-state index in [2.05, 4.69) is 27.7 Å². The summed E-state index contributed by atoms with van der Waals surface area (Å²) in [6, 6.07) is 0. The van der Waals surface area contributed by atoms with Crippen LogP contribution in [-0.2, 0) is 49.2 Å². The van der Waals surface area contributed by atoms with E-state index in [0.717, 1.165) is 51.4 Å². The van der Waals surface area contributed by atoms with Crippen molar-refractivity contribution in [3.63, 3.8) is 0 Å². The average molecular weight is 702 g/mol. The molecule has 4 saturated carbocycles. The van der Waals surface area contributed by atoms with Crippen LogP contribution in [0.1, 0.15) is 156 Å². The molecule has 0 saturated heterocycles. The van der Waals surface area contributed by atoms with Gasteiger partial charge in [0.05, 0.1) is 11.2 Å². The van der Waals surface area contributed by atoms with Crippen LogP contribution >= 0.6 is 34.2 Å². The smallest absolute Gasteiger partial charge is 0.793 e. The predicted octanol–water partition coefficient (Wildman–Crippen LogP) is 9.53. The molecular formula is C28H52NiO4P2S4. The van der Waals surface area contributed by atoms with E-state index < -0.39 is 11.4 Å². The quantitative estimate of drug-likeness (QED) is 0.183. The molecule has 2 atom stereocenters. The molecule has 4 fully saturated rings.